The van der Waals surface area contributed by atoms with Gasteiger partial charge in [0.05, 0.1) is 24.4 Å². The molecule has 5 nitrogen and oxygen atoms in total. The summed E-state index contributed by atoms with van der Waals surface area (Å²) in [7, 11) is 0. The predicted octanol–water partition coefficient (Wildman–Crippen LogP) is 2.78. The molecular weight excluding hydrogens is 292 g/mol. The molecule has 0 aliphatic rings. The highest BCUT2D eigenvalue weighted by atomic mass is 35.5. The number of halogens is 1. The first-order valence-corrected chi connectivity index (χ1v) is 7.07. The number of carbonyl (C=O) groups is 1. The number of nitrogens with zero attached hydrogens (tertiary/aromatic N) is 1. The molecule has 1 aromatic heterocycles. The van der Waals surface area contributed by atoms with E-state index in [0.29, 0.717) is 22.8 Å². The molecule has 0 radical (unpaired) electrons. The summed E-state index contributed by atoms with van der Waals surface area (Å²) in [6.45, 7) is 4.20. The second-order valence-electron chi connectivity index (χ2n) is 4.54. The lowest BCUT2D eigenvalue weighted by molar-refractivity contribution is 0.0527. The third-order valence-corrected chi connectivity index (χ3v) is 3.25. The Balaban J connectivity index is 2.66. The Kier molecular flexibility index (Phi) is 4.98. The van der Waals surface area contributed by atoms with Crippen molar-refractivity contribution in [3.8, 4) is 0 Å². The highest BCUT2D eigenvalue weighted by Crippen LogP contribution is 2.31. The second kappa shape index (κ2) is 6.74. The van der Waals surface area contributed by atoms with Gasteiger partial charge >= 0.3 is 5.97 Å². The van der Waals surface area contributed by atoms with E-state index in [1.165, 1.54) is 6.20 Å². The number of aliphatic hydroxyl groups is 1. The molecule has 6 heteroatoms. The van der Waals surface area contributed by atoms with Crippen LogP contribution in [0.25, 0.3) is 10.9 Å². The number of rotatable bonds is 5. The SMILES string of the molecule is CCOC(=O)c1cnc2c(C)cc(Cl)cc2c1NCCO. The van der Waals surface area contributed by atoms with Crippen molar-refractivity contribution >= 4 is 34.2 Å². The molecule has 2 rings (SSSR count). The average Bonchev–Trinajstić information content (AvgIpc) is 2.44. The Bertz CT molecular complexity index is 674. The van der Waals surface area contributed by atoms with Crippen molar-refractivity contribution in [2.24, 2.45) is 0 Å². The Morgan fingerprint density at radius 1 is 1.48 bits per heavy atom. The molecule has 0 saturated carbocycles. The molecule has 1 heterocycles. The van der Waals surface area contributed by atoms with Crippen LogP contribution in [0.15, 0.2) is 18.3 Å². The molecule has 112 valence electrons. The average molecular weight is 309 g/mol. The smallest absolute Gasteiger partial charge is 0.341 e. The number of aryl methyl sites for hydroxylation is 1. The number of benzene rings is 1. The molecule has 0 bridgehead atoms. The van der Waals surface area contributed by atoms with Crippen molar-refractivity contribution in [2.75, 3.05) is 25.1 Å². The Labute approximate surface area is 127 Å². The van der Waals surface area contributed by atoms with Crippen LogP contribution in [0.5, 0.6) is 0 Å². The number of nitrogens with one attached hydrogen (secondary N) is 1. The standard InChI is InChI=1S/C15H17ClN2O3/c1-3-21-15(20)12-8-18-13-9(2)6-10(16)7-11(13)14(12)17-4-5-19/h6-8,19H,3-5H2,1-2H3,(H,17,18). The molecule has 0 aliphatic heterocycles. The zero-order valence-electron chi connectivity index (χ0n) is 11.9. The van der Waals surface area contributed by atoms with E-state index in [-0.39, 0.29) is 13.2 Å². The number of carbonyl (C=O) groups excluding carboxylic acids is 1. The van der Waals surface area contributed by atoms with E-state index >= 15 is 0 Å². The number of aromatic nitrogens is 1. The van der Waals surface area contributed by atoms with Gasteiger partial charge in [0.25, 0.3) is 0 Å². The number of esters is 1. The van der Waals surface area contributed by atoms with Crippen molar-refractivity contribution in [1.82, 2.24) is 4.98 Å². The molecule has 2 N–H and O–H groups in total. The lowest BCUT2D eigenvalue weighted by atomic mass is 10.1. The van der Waals surface area contributed by atoms with Crippen LogP contribution in [0.3, 0.4) is 0 Å². The van der Waals surface area contributed by atoms with E-state index in [4.69, 9.17) is 21.4 Å². The Morgan fingerprint density at radius 3 is 2.90 bits per heavy atom. The van der Waals surface area contributed by atoms with Crippen LogP contribution in [-0.4, -0.2) is 35.8 Å². The summed E-state index contributed by atoms with van der Waals surface area (Å²) in [4.78, 5) is 16.4. The van der Waals surface area contributed by atoms with Crippen LogP contribution in [-0.2, 0) is 4.74 Å². The zero-order chi connectivity index (χ0) is 15.4. The molecule has 0 unspecified atom stereocenters. The van der Waals surface area contributed by atoms with E-state index in [1.54, 1.807) is 13.0 Å². The normalized spacial score (nSPS) is 10.7. The summed E-state index contributed by atoms with van der Waals surface area (Å²) in [6.07, 6.45) is 1.49. The van der Waals surface area contributed by atoms with Crippen molar-refractivity contribution in [3.05, 3.63) is 34.5 Å². The van der Waals surface area contributed by atoms with E-state index in [9.17, 15) is 4.79 Å². The largest absolute Gasteiger partial charge is 0.462 e. The number of anilines is 1. The molecule has 0 spiro atoms. The molecule has 0 fully saturated rings. The first-order valence-electron chi connectivity index (χ1n) is 6.69. The fourth-order valence-electron chi connectivity index (χ4n) is 2.17. The minimum atomic E-state index is -0.454. The van der Waals surface area contributed by atoms with Gasteiger partial charge in [0, 0.05) is 23.2 Å². The van der Waals surface area contributed by atoms with Gasteiger partial charge in [0.15, 0.2) is 0 Å². The molecule has 21 heavy (non-hydrogen) atoms. The number of pyridine rings is 1. The maximum atomic E-state index is 12.0. The number of ether oxygens (including phenoxy) is 1. The minimum Gasteiger partial charge on any atom is -0.462 e. The first kappa shape index (κ1) is 15.5. The third-order valence-electron chi connectivity index (χ3n) is 3.04. The zero-order valence-corrected chi connectivity index (χ0v) is 12.7. The van der Waals surface area contributed by atoms with Crippen LogP contribution in [0, 0.1) is 6.92 Å². The quantitative estimate of drug-likeness (QED) is 0.831. The van der Waals surface area contributed by atoms with Gasteiger partial charge in [-0.15, -0.1) is 0 Å². The molecule has 2 aromatic rings. The molecule has 1 aromatic carbocycles. The monoisotopic (exact) mass is 308 g/mol. The van der Waals surface area contributed by atoms with Gasteiger partial charge in [-0.05, 0) is 31.5 Å². The van der Waals surface area contributed by atoms with Gasteiger partial charge in [-0.2, -0.15) is 0 Å². The highest BCUT2D eigenvalue weighted by Gasteiger charge is 2.17. The van der Waals surface area contributed by atoms with E-state index in [1.807, 2.05) is 13.0 Å². The summed E-state index contributed by atoms with van der Waals surface area (Å²) in [5, 5.41) is 13.4. The number of hydrogen-bond acceptors (Lipinski definition) is 5. The van der Waals surface area contributed by atoms with Crippen LogP contribution in [0.2, 0.25) is 5.02 Å². The fourth-order valence-corrected chi connectivity index (χ4v) is 2.44. The predicted molar refractivity (Wildman–Crippen MR) is 83.0 cm³/mol. The van der Waals surface area contributed by atoms with Gasteiger partial charge in [-0.3, -0.25) is 4.98 Å². The Hall–Kier alpha value is -1.85. The van der Waals surface area contributed by atoms with Crippen molar-refractivity contribution < 1.29 is 14.6 Å². The van der Waals surface area contributed by atoms with E-state index in [0.717, 1.165) is 16.5 Å². The number of hydrogen-bond donors (Lipinski definition) is 2. The molecule has 0 saturated heterocycles. The van der Waals surface area contributed by atoms with Crippen LogP contribution < -0.4 is 5.32 Å². The van der Waals surface area contributed by atoms with Gasteiger partial charge in [0.1, 0.15) is 5.56 Å². The van der Waals surface area contributed by atoms with Crippen molar-refractivity contribution in [3.63, 3.8) is 0 Å². The van der Waals surface area contributed by atoms with Crippen molar-refractivity contribution in [1.29, 1.82) is 0 Å². The molecule has 0 atom stereocenters. The molecule has 0 aliphatic carbocycles. The van der Waals surface area contributed by atoms with Crippen molar-refractivity contribution in [2.45, 2.75) is 13.8 Å². The third kappa shape index (κ3) is 3.25. The molecule has 0 amide bonds. The van der Waals surface area contributed by atoms with Crippen LogP contribution in [0.4, 0.5) is 5.69 Å². The summed E-state index contributed by atoms with van der Waals surface area (Å²) < 4.78 is 5.04. The van der Waals surface area contributed by atoms with E-state index < -0.39 is 5.97 Å². The lowest BCUT2D eigenvalue weighted by Gasteiger charge is -2.14. The van der Waals surface area contributed by atoms with Gasteiger partial charge < -0.3 is 15.2 Å². The maximum Gasteiger partial charge on any atom is 0.341 e. The van der Waals surface area contributed by atoms with E-state index in [2.05, 4.69) is 10.3 Å². The summed E-state index contributed by atoms with van der Waals surface area (Å²) in [5.74, 6) is -0.454. The minimum absolute atomic E-state index is 0.0500. The topological polar surface area (TPSA) is 71.5 Å². The highest BCUT2D eigenvalue weighted by molar-refractivity contribution is 6.31. The van der Waals surface area contributed by atoms with Gasteiger partial charge in [-0.1, -0.05) is 11.6 Å². The molecular formula is C15H17ClN2O3. The maximum absolute atomic E-state index is 12.0. The van der Waals surface area contributed by atoms with Gasteiger partial charge in [-0.25, -0.2) is 4.79 Å². The summed E-state index contributed by atoms with van der Waals surface area (Å²) in [5.41, 5.74) is 2.59. The summed E-state index contributed by atoms with van der Waals surface area (Å²) in [6, 6.07) is 3.57. The Morgan fingerprint density at radius 2 is 2.24 bits per heavy atom. The van der Waals surface area contributed by atoms with Crippen LogP contribution in [0.1, 0.15) is 22.8 Å². The summed E-state index contributed by atoms with van der Waals surface area (Å²) >= 11 is 6.10. The number of fused-ring (bicyclic) bond motifs is 1. The lowest BCUT2D eigenvalue weighted by Crippen LogP contribution is -2.13. The second-order valence-corrected chi connectivity index (χ2v) is 4.97. The first-order chi connectivity index (χ1) is 10.1. The fraction of sp³-hybridized carbons (Fsp3) is 0.333. The van der Waals surface area contributed by atoms with Crippen LogP contribution >= 0.6 is 11.6 Å². The van der Waals surface area contributed by atoms with Gasteiger partial charge in [0.2, 0.25) is 0 Å². The number of aliphatic hydroxyl groups excluding tert-OH is 1.